The van der Waals surface area contributed by atoms with Gasteiger partial charge < -0.3 is 5.32 Å². The number of amides is 1. The molecule has 0 radical (unpaired) electrons. The van der Waals surface area contributed by atoms with Gasteiger partial charge in [-0.25, -0.2) is 13.6 Å². The Kier molecular flexibility index (Phi) is 5.18. The van der Waals surface area contributed by atoms with Gasteiger partial charge in [-0.3, -0.25) is 4.79 Å². The number of nitriles is 1. The molecule has 1 heterocycles. The molecule has 0 aliphatic rings. The summed E-state index contributed by atoms with van der Waals surface area (Å²) in [5, 5.41) is 16.6. The van der Waals surface area contributed by atoms with Gasteiger partial charge in [0.15, 0.2) is 0 Å². The molecular formula is C14H10ClN3O3S2. The number of nitrogens with zero attached hydrogens (tertiary/aromatic N) is 1. The van der Waals surface area contributed by atoms with Crippen LogP contribution in [0.3, 0.4) is 0 Å². The summed E-state index contributed by atoms with van der Waals surface area (Å²) >= 11 is 7.03. The second-order valence-electron chi connectivity index (χ2n) is 4.34. The first-order chi connectivity index (χ1) is 10.8. The van der Waals surface area contributed by atoms with Crippen molar-refractivity contribution in [2.45, 2.75) is 4.90 Å². The lowest BCUT2D eigenvalue weighted by atomic mass is 10.2. The van der Waals surface area contributed by atoms with Crippen molar-refractivity contribution < 1.29 is 13.2 Å². The number of hydrogen-bond donors (Lipinski definition) is 2. The van der Waals surface area contributed by atoms with E-state index in [4.69, 9.17) is 22.0 Å². The summed E-state index contributed by atoms with van der Waals surface area (Å²) < 4.78 is 22.9. The molecule has 118 valence electrons. The zero-order chi connectivity index (χ0) is 17.0. The summed E-state index contributed by atoms with van der Waals surface area (Å²) in [7, 11) is -3.79. The van der Waals surface area contributed by atoms with E-state index in [-0.39, 0.29) is 10.5 Å². The molecule has 1 amide bonds. The minimum Gasteiger partial charge on any atom is -0.321 e. The van der Waals surface area contributed by atoms with Crippen LogP contribution in [0.2, 0.25) is 4.34 Å². The van der Waals surface area contributed by atoms with E-state index in [1.165, 1.54) is 41.7 Å². The maximum atomic E-state index is 12.1. The zero-order valence-electron chi connectivity index (χ0n) is 11.5. The van der Waals surface area contributed by atoms with Crippen LogP contribution < -0.4 is 10.5 Å². The van der Waals surface area contributed by atoms with E-state index < -0.39 is 15.9 Å². The minimum absolute atomic E-state index is 0.0697. The molecule has 23 heavy (non-hydrogen) atoms. The fourth-order valence-electron chi connectivity index (χ4n) is 1.62. The number of halogens is 1. The summed E-state index contributed by atoms with van der Waals surface area (Å²) in [6.07, 6.45) is 1.42. The van der Waals surface area contributed by atoms with Gasteiger partial charge in [-0.05, 0) is 42.5 Å². The topological polar surface area (TPSA) is 113 Å². The molecule has 0 fully saturated rings. The summed E-state index contributed by atoms with van der Waals surface area (Å²) in [5.41, 5.74) is 0.242. The van der Waals surface area contributed by atoms with Crippen molar-refractivity contribution in [1.82, 2.24) is 0 Å². The van der Waals surface area contributed by atoms with Gasteiger partial charge >= 0.3 is 0 Å². The average molecular weight is 368 g/mol. The summed E-state index contributed by atoms with van der Waals surface area (Å²) in [6, 6.07) is 10.5. The standard InChI is InChI=1S/C14H10ClN3O3S2/c15-13-6-3-11(22-13)7-9(8-16)14(19)18-10-1-4-12(5-2-10)23(17,20)21/h1-7H,(H,18,19)(H2,17,20,21)/b9-7+. The number of anilines is 1. The van der Waals surface area contributed by atoms with E-state index >= 15 is 0 Å². The van der Waals surface area contributed by atoms with E-state index in [0.29, 0.717) is 14.9 Å². The van der Waals surface area contributed by atoms with E-state index in [1.807, 2.05) is 6.07 Å². The van der Waals surface area contributed by atoms with E-state index in [1.54, 1.807) is 12.1 Å². The lowest BCUT2D eigenvalue weighted by molar-refractivity contribution is -0.112. The highest BCUT2D eigenvalue weighted by atomic mass is 35.5. The zero-order valence-corrected chi connectivity index (χ0v) is 13.9. The van der Waals surface area contributed by atoms with Crippen molar-refractivity contribution in [3.63, 3.8) is 0 Å². The fraction of sp³-hybridized carbons (Fsp3) is 0. The molecule has 1 aromatic carbocycles. The molecule has 9 heteroatoms. The van der Waals surface area contributed by atoms with E-state index in [9.17, 15) is 13.2 Å². The van der Waals surface area contributed by atoms with Crippen LogP contribution in [0.5, 0.6) is 0 Å². The van der Waals surface area contributed by atoms with E-state index in [0.717, 1.165) is 0 Å². The van der Waals surface area contributed by atoms with Crippen LogP contribution in [-0.2, 0) is 14.8 Å². The summed E-state index contributed by atoms with van der Waals surface area (Å²) in [4.78, 5) is 12.7. The molecule has 2 aromatic rings. The first-order valence-corrected chi connectivity index (χ1v) is 8.85. The number of carbonyl (C=O) groups excluding carboxylic acids is 1. The number of rotatable bonds is 4. The van der Waals surface area contributed by atoms with Crippen LogP contribution in [0.4, 0.5) is 5.69 Å². The SMILES string of the molecule is N#C/C(=C\c1ccc(Cl)s1)C(=O)Nc1ccc(S(N)(=O)=O)cc1. The van der Waals surface area contributed by atoms with Crippen LogP contribution in [0, 0.1) is 11.3 Å². The number of benzene rings is 1. The highest BCUT2D eigenvalue weighted by Gasteiger charge is 2.12. The number of thiophene rings is 1. The number of carbonyl (C=O) groups is 1. The van der Waals surface area contributed by atoms with Gasteiger partial charge in [-0.2, -0.15) is 5.26 Å². The molecule has 0 bridgehead atoms. The summed E-state index contributed by atoms with van der Waals surface area (Å²) in [6.45, 7) is 0. The number of nitrogens with one attached hydrogen (secondary N) is 1. The second kappa shape index (κ2) is 6.93. The van der Waals surface area contributed by atoms with Crippen molar-refractivity contribution in [3.05, 3.63) is 51.2 Å². The van der Waals surface area contributed by atoms with Gasteiger partial charge in [-0.15, -0.1) is 11.3 Å². The third-order valence-electron chi connectivity index (χ3n) is 2.69. The van der Waals surface area contributed by atoms with Gasteiger partial charge in [-0.1, -0.05) is 11.6 Å². The number of primary sulfonamides is 1. The third kappa shape index (κ3) is 4.64. The van der Waals surface area contributed by atoms with Crippen LogP contribution in [0.1, 0.15) is 4.88 Å². The van der Waals surface area contributed by atoms with E-state index in [2.05, 4.69) is 5.32 Å². The van der Waals surface area contributed by atoms with Crippen LogP contribution >= 0.6 is 22.9 Å². The van der Waals surface area contributed by atoms with Gasteiger partial charge in [0.2, 0.25) is 10.0 Å². The predicted octanol–water partition coefficient (Wildman–Crippen LogP) is 2.59. The molecule has 0 aliphatic heterocycles. The van der Waals surface area contributed by atoms with Crippen molar-refractivity contribution in [1.29, 1.82) is 5.26 Å². The largest absolute Gasteiger partial charge is 0.321 e. The predicted molar refractivity (Wildman–Crippen MR) is 89.4 cm³/mol. The smallest absolute Gasteiger partial charge is 0.266 e. The van der Waals surface area contributed by atoms with Crippen molar-refractivity contribution in [2.24, 2.45) is 5.14 Å². The number of sulfonamides is 1. The Morgan fingerprint density at radius 2 is 1.91 bits per heavy atom. The molecule has 6 nitrogen and oxygen atoms in total. The first-order valence-electron chi connectivity index (χ1n) is 6.11. The van der Waals surface area contributed by atoms with Crippen LogP contribution in [-0.4, -0.2) is 14.3 Å². The maximum absolute atomic E-state index is 12.1. The molecule has 0 atom stereocenters. The highest BCUT2D eigenvalue weighted by Crippen LogP contribution is 2.24. The number of hydrogen-bond acceptors (Lipinski definition) is 5. The Balaban J connectivity index is 2.17. The van der Waals surface area contributed by atoms with Crippen molar-refractivity contribution in [2.75, 3.05) is 5.32 Å². The average Bonchev–Trinajstić information content (AvgIpc) is 2.89. The molecule has 0 aliphatic carbocycles. The third-order valence-corrected chi connectivity index (χ3v) is 4.79. The van der Waals surface area contributed by atoms with Gasteiger partial charge in [0.05, 0.1) is 9.23 Å². The highest BCUT2D eigenvalue weighted by molar-refractivity contribution is 7.89. The minimum atomic E-state index is -3.79. The molecule has 0 unspecified atom stereocenters. The Bertz CT molecular complexity index is 909. The maximum Gasteiger partial charge on any atom is 0.266 e. The lowest BCUT2D eigenvalue weighted by Gasteiger charge is -2.05. The molecular weight excluding hydrogens is 358 g/mol. The Morgan fingerprint density at radius 1 is 1.26 bits per heavy atom. The fourth-order valence-corrected chi connectivity index (χ4v) is 3.14. The van der Waals surface area contributed by atoms with Crippen molar-refractivity contribution in [3.8, 4) is 6.07 Å². The normalized spacial score (nSPS) is 11.8. The van der Waals surface area contributed by atoms with Gasteiger partial charge in [0, 0.05) is 10.6 Å². The van der Waals surface area contributed by atoms with Crippen LogP contribution in [0.15, 0.2) is 46.9 Å². The molecule has 1 aromatic heterocycles. The number of nitrogens with two attached hydrogens (primary N) is 1. The molecule has 3 N–H and O–H groups in total. The monoisotopic (exact) mass is 367 g/mol. The summed E-state index contributed by atoms with van der Waals surface area (Å²) in [5.74, 6) is -0.611. The van der Waals surface area contributed by atoms with Crippen molar-refractivity contribution >= 4 is 50.6 Å². The van der Waals surface area contributed by atoms with Gasteiger partial charge in [0.1, 0.15) is 11.6 Å². The Morgan fingerprint density at radius 3 is 2.39 bits per heavy atom. The molecule has 0 saturated heterocycles. The molecule has 0 spiro atoms. The lowest BCUT2D eigenvalue weighted by Crippen LogP contribution is -2.14. The first kappa shape index (κ1) is 17.2. The quantitative estimate of drug-likeness (QED) is 0.638. The van der Waals surface area contributed by atoms with Gasteiger partial charge in [0.25, 0.3) is 5.91 Å². The Labute approximate surface area is 141 Å². The second-order valence-corrected chi connectivity index (χ2v) is 7.64. The molecule has 2 rings (SSSR count). The Hall–Kier alpha value is -2.18. The molecule has 0 saturated carbocycles. The van der Waals surface area contributed by atoms with Crippen LogP contribution in [0.25, 0.3) is 6.08 Å².